The topological polar surface area (TPSA) is 80.1 Å². The zero-order valence-corrected chi connectivity index (χ0v) is 12.9. The molecule has 116 valence electrons. The summed E-state index contributed by atoms with van der Waals surface area (Å²) in [4.78, 5) is 32.0. The summed E-state index contributed by atoms with van der Waals surface area (Å²) >= 11 is 0. The summed E-state index contributed by atoms with van der Waals surface area (Å²) in [5, 5.41) is 2.11. The van der Waals surface area contributed by atoms with Crippen LogP contribution in [0.1, 0.15) is 17.1 Å². The highest BCUT2D eigenvalue weighted by Crippen LogP contribution is 2.19. The molecule has 0 fully saturated rings. The Balaban J connectivity index is 2.15. The van der Waals surface area contributed by atoms with Gasteiger partial charge in [0.2, 0.25) is 6.41 Å². The molecule has 1 N–H and O–H groups in total. The number of urea groups is 1. The van der Waals surface area contributed by atoms with E-state index >= 15 is 0 Å². The Morgan fingerprint density at radius 1 is 1.45 bits per heavy atom. The van der Waals surface area contributed by atoms with E-state index < -0.39 is 6.03 Å². The molecule has 0 radical (unpaired) electrons. The van der Waals surface area contributed by atoms with Gasteiger partial charge in [-0.2, -0.15) is 0 Å². The average molecular weight is 301 g/mol. The molecule has 2 heterocycles. The number of rotatable bonds is 5. The van der Waals surface area contributed by atoms with Crippen molar-refractivity contribution in [1.29, 1.82) is 0 Å². The lowest BCUT2D eigenvalue weighted by atomic mass is 10.1. The van der Waals surface area contributed by atoms with Gasteiger partial charge in [-0.15, -0.1) is 0 Å². The molecule has 0 aliphatic rings. The van der Waals surface area contributed by atoms with Gasteiger partial charge in [-0.25, -0.2) is 9.78 Å². The second kappa shape index (κ2) is 6.84. The zero-order valence-electron chi connectivity index (χ0n) is 12.9. The van der Waals surface area contributed by atoms with Crippen LogP contribution in [0.3, 0.4) is 0 Å². The van der Waals surface area contributed by atoms with Crippen molar-refractivity contribution in [3.8, 4) is 0 Å². The number of carbonyl (C=O) groups is 2. The monoisotopic (exact) mass is 301 g/mol. The van der Waals surface area contributed by atoms with Gasteiger partial charge in [0, 0.05) is 32.9 Å². The first kappa shape index (κ1) is 15.7. The molecule has 0 bridgehead atoms. The van der Waals surface area contributed by atoms with E-state index in [4.69, 9.17) is 0 Å². The second-order valence-electron chi connectivity index (χ2n) is 4.98. The number of nitrogens with zero attached hydrogens (tertiary/aromatic N) is 4. The largest absolute Gasteiger partial charge is 0.333 e. The standard InChI is InChI=1S/C15H19N5O2/c1-11-14(20(3)15(22)17-10-21)18-13(19(11)2)7-6-12-5-4-8-16-9-12/h4-5,8-10H,6-7H2,1-3H3,(H,17,21,22). The van der Waals surface area contributed by atoms with Gasteiger partial charge in [0.1, 0.15) is 5.82 Å². The van der Waals surface area contributed by atoms with Crippen LogP contribution in [0.15, 0.2) is 24.5 Å². The minimum Gasteiger partial charge on any atom is -0.333 e. The maximum absolute atomic E-state index is 11.7. The molecule has 0 aliphatic heterocycles. The van der Waals surface area contributed by atoms with E-state index in [1.165, 1.54) is 4.90 Å². The second-order valence-corrected chi connectivity index (χ2v) is 4.98. The van der Waals surface area contributed by atoms with E-state index in [9.17, 15) is 9.59 Å². The Bertz CT molecular complexity index is 666. The highest BCUT2D eigenvalue weighted by Gasteiger charge is 2.19. The average Bonchev–Trinajstić information content (AvgIpc) is 2.81. The molecule has 22 heavy (non-hydrogen) atoms. The lowest BCUT2D eigenvalue weighted by Crippen LogP contribution is -2.37. The van der Waals surface area contributed by atoms with Gasteiger partial charge in [0.25, 0.3) is 0 Å². The van der Waals surface area contributed by atoms with Crippen LogP contribution in [-0.2, 0) is 24.7 Å². The summed E-state index contributed by atoms with van der Waals surface area (Å²) in [6.45, 7) is 1.89. The molecule has 0 aliphatic carbocycles. The number of aromatic nitrogens is 3. The normalized spacial score (nSPS) is 10.3. The fraction of sp³-hybridized carbons (Fsp3) is 0.333. The molecular weight excluding hydrogens is 282 g/mol. The van der Waals surface area contributed by atoms with Gasteiger partial charge in [-0.1, -0.05) is 6.07 Å². The molecule has 0 aromatic carbocycles. The van der Waals surface area contributed by atoms with Crippen LogP contribution in [0.5, 0.6) is 0 Å². The predicted octanol–water partition coefficient (Wildman–Crippen LogP) is 1.21. The Morgan fingerprint density at radius 3 is 2.86 bits per heavy atom. The molecule has 0 saturated carbocycles. The molecule has 2 aromatic rings. The van der Waals surface area contributed by atoms with Crippen molar-refractivity contribution in [2.24, 2.45) is 7.05 Å². The molecule has 3 amide bonds. The number of hydrogen-bond donors (Lipinski definition) is 1. The maximum atomic E-state index is 11.7. The van der Waals surface area contributed by atoms with Crippen LogP contribution in [-0.4, -0.2) is 34.0 Å². The third-order valence-electron chi connectivity index (χ3n) is 3.61. The fourth-order valence-corrected chi connectivity index (χ4v) is 2.21. The first-order valence-electron chi connectivity index (χ1n) is 6.93. The quantitative estimate of drug-likeness (QED) is 0.842. The molecule has 0 unspecified atom stereocenters. The molecule has 2 rings (SSSR count). The first-order chi connectivity index (χ1) is 10.5. The molecule has 0 saturated heterocycles. The van der Waals surface area contributed by atoms with Crippen molar-refractivity contribution in [2.75, 3.05) is 11.9 Å². The van der Waals surface area contributed by atoms with Crippen LogP contribution in [0.4, 0.5) is 10.6 Å². The Hall–Kier alpha value is -2.70. The van der Waals surface area contributed by atoms with Gasteiger partial charge in [0.05, 0.1) is 5.69 Å². The number of pyridine rings is 1. The molecule has 7 heteroatoms. The van der Waals surface area contributed by atoms with E-state index in [0.29, 0.717) is 12.2 Å². The number of carbonyl (C=O) groups excluding carboxylic acids is 2. The number of amides is 3. The van der Waals surface area contributed by atoms with E-state index in [1.807, 2.05) is 36.9 Å². The number of nitrogens with one attached hydrogen (secondary N) is 1. The van der Waals surface area contributed by atoms with Crippen LogP contribution >= 0.6 is 0 Å². The third kappa shape index (κ3) is 3.30. The van der Waals surface area contributed by atoms with Crippen molar-refractivity contribution in [1.82, 2.24) is 19.9 Å². The van der Waals surface area contributed by atoms with Crippen LogP contribution < -0.4 is 10.2 Å². The number of imidazole rings is 1. The number of aryl methyl sites for hydroxylation is 2. The Labute approximate surface area is 129 Å². The summed E-state index contributed by atoms with van der Waals surface area (Å²) in [5.41, 5.74) is 2.00. The van der Waals surface area contributed by atoms with Crippen molar-refractivity contribution >= 4 is 18.3 Å². The minimum atomic E-state index is -0.505. The summed E-state index contributed by atoms with van der Waals surface area (Å²) in [6.07, 6.45) is 5.50. The van der Waals surface area contributed by atoms with Crippen molar-refractivity contribution in [3.63, 3.8) is 0 Å². The smallest absolute Gasteiger partial charge is 0.329 e. The maximum Gasteiger partial charge on any atom is 0.329 e. The summed E-state index contributed by atoms with van der Waals surface area (Å²) in [7, 11) is 3.49. The van der Waals surface area contributed by atoms with Crippen LogP contribution in [0.25, 0.3) is 0 Å². The van der Waals surface area contributed by atoms with Crippen LogP contribution in [0.2, 0.25) is 0 Å². The van der Waals surface area contributed by atoms with Gasteiger partial charge in [0.15, 0.2) is 5.82 Å². The van der Waals surface area contributed by atoms with E-state index in [2.05, 4.69) is 15.3 Å². The highest BCUT2D eigenvalue weighted by atomic mass is 16.2. The van der Waals surface area contributed by atoms with Crippen LogP contribution in [0, 0.1) is 6.92 Å². The predicted molar refractivity (Wildman–Crippen MR) is 82.6 cm³/mol. The number of anilines is 1. The highest BCUT2D eigenvalue weighted by molar-refractivity contribution is 5.96. The molecule has 7 nitrogen and oxygen atoms in total. The number of hydrogen-bond acceptors (Lipinski definition) is 4. The summed E-state index contributed by atoms with van der Waals surface area (Å²) in [6, 6.07) is 3.42. The lowest BCUT2D eigenvalue weighted by molar-refractivity contribution is -0.108. The summed E-state index contributed by atoms with van der Waals surface area (Å²) in [5.74, 6) is 1.42. The zero-order chi connectivity index (χ0) is 16.1. The first-order valence-corrected chi connectivity index (χ1v) is 6.93. The molecule has 2 aromatic heterocycles. The van der Waals surface area contributed by atoms with Crippen molar-refractivity contribution in [3.05, 3.63) is 41.6 Å². The van der Waals surface area contributed by atoms with Gasteiger partial charge < -0.3 is 4.57 Å². The molecule has 0 spiro atoms. The van der Waals surface area contributed by atoms with Gasteiger partial charge >= 0.3 is 6.03 Å². The van der Waals surface area contributed by atoms with E-state index in [-0.39, 0.29) is 0 Å². The van der Waals surface area contributed by atoms with Gasteiger partial charge in [-0.3, -0.25) is 20.0 Å². The van der Waals surface area contributed by atoms with Crippen molar-refractivity contribution < 1.29 is 9.59 Å². The fourth-order valence-electron chi connectivity index (χ4n) is 2.21. The lowest BCUT2D eigenvalue weighted by Gasteiger charge is -2.14. The van der Waals surface area contributed by atoms with Gasteiger partial charge in [-0.05, 0) is 25.0 Å². The van der Waals surface area contributed by atoms with E-state index in [0.717, 1.165) is 29.9 Å². The summed E-state index contributed by atoms with van der Waals surface area (Å²) < 4.78 is 1.95. The minimum absolute atomic E-state index is 0.362. The van der Waals surface area contributed by atoms with Crippen molar-refractivity contribution in [2.45, 2.75) is 19.8 Å². The Morgan fingerprint density at radius 2 is 2.23 bits per heavy atom. The Kier molecular flexibility index (Phi) is 4.88. The molecule has 0 atom stereocenters. The number of imide groups is 1. The molecular formula is C15H19N5O2. The van der Waals surface area contributed by atoms with E-state index in [1.54, 1.807) is 13.2 Å². The SMILES string of the molecule is Cc1c(N(C)C(=O)NC=O)nc(CCc2cccnc2)n1C. The third-order valence-corrected chi connectivity index (χ3v) is 3.61.